The van der Waals surface area contributed by atoms with Crippen LogP contribution in [0.3, 0.4) is 0 Å². The van der Waals surface area contributed by atoms with Crippen LogP contribution in [-0.4, -0.2) is 65.6 Å². The summed E-state index contributed by atoms with van der Waals surface area (Å²) < 4.78 is 25.1. The van der Waals surface area contributed by atoms with Crippen LogP contribution in [0, 0.1) is 29.8 Å². The lowest BCUT2D eigenvalue weighted by atomic mass is 9.78. The number of carbonyl (C=O) groups excluding carboxylic acids is 1. The Morgan fingerprint density at radius 1 is 0.922 bits per heavy atom. The Morgan fingerprint density at radius 3 is 2.53 bits per heavy atom. The molecular formula is C65H75N3O9. The van der Waals surface area contributed by atoms with E-state index >= 15 is 0 Å². The lowest BCUT2D eigenvalue weighted by Gasteiger charge is -2.28. The number of aliphatic imine (C=N–C) groups is 1. The van der Waals surface area contributed by atoms with Crippen LogP contribution in [-0.2, 0) is 46.6 Å². The first-order valence-electron chi connectivity index (χ1n) is 27.6. The molecule has 0 amide bonds. The van der Waals surface area contributed by atoms with Crippen molar-refractivity contribution in [2.75, 3.05) is 32.7 Å². The number of nitrogens with two attached hydrogens (primary N) is 1. The molecule has 0 radical (unpaired) electrons. The molecule has 2 aliphatic heterocycles. The van der Waals surface area contributed by atoms with Crippen molar-refractivity contribution in [1.82, 2.24) is 0 Å². The predicted octanol–water partition coefficient (Wildman–Crippen LogP) is 12.0. The van der Waals surface area contributed by atoms with Crippen LogP contribution in [0.5, 0.6) is 17.2 Å². The van der Waals surface area contributed by atoms with Gasteiger partial charge in [0.15, 0.2) is 23.7 Å². The van der Waals surface area contributed by atoms with E-state index in [0.717, 1.165) is 77.6 Å². The van der Waals surface area contributed by atoms with Gasteiger partial charge in [0, 0.05) is 54.8 Å². The van der Waals surface area contributed by atoms with Crippen molar-refractivity contribution in [2.24, 2.45) is 28.5 Å². The van der Waals surface area contributed by atoms with E-state index in [4.69, 9.17) is 24.7 Å². The van der Waals surface area contributed by atoms with E-state index in [9.17, 15) is 25.2 Å². The van der Waals surface area contributed by atoms with E-state index in [1.165, 1.54) is 31.2 Å². The second kappa shape index (κ2) is 25.9. The fourth-order valence-electron chi connectivity index (χ4n) is 11.8. The van der Waals surface area contributed by atoms with Crippen molar-refractivity contribution in [2.45, 2.75) is 128 Å². The number of benzene rings is 5. The van der Waals surface area contributed by atoms with Gasteiger partial charge in [-0.2, -0.15) is 0 Å². The van der Waals surface area contributed by atoms with Gasteiger partial charge in [0.05, 0.1) is 19.6 Å². The average molecular weight is 1040 g/mol. The zero-order chi connectivity index (χ0) is 53.8. The number of ketones is 1. The number of unbranched alkanes of at least 4 members (excludes halogenated alkanes) is 1. The summed E-state index contributed by atoms with van der Waals surface area (Å²) in [5.41, 5.74) is 14.0. The predicted molar refractivity (Wildman–Crippen MR) is 304 cm³/mol. The number of phenolic OH excluding ortho intramolecular Hbond substituents is 1. The second-order valence-corrected chi connectivity index (χ2v) is 21.4. The molecule has 1 saturated carbocycles. The maximum absolute atomic E-state index is 14.2. The van der Waals surface area contributed by atoms with Gasteiger partial charge in [0.25, 0.3) is 0 Å². The van der Waals surface area contributed by atoms with Crippen molar-refractivity contribution >= 4 is 34.3 Å². The van der Waals surface area contributed by atoms with Gasteiger partial charge < -0.3 is 50.4 Å². The van der Waals surface area contributed by atoms with Gasteiger partial charge in [-0.1, -0.05) is 92.8 Å². The van der Waals surface area contributed by atoms with Crippen molar-refractivity contribution in [3.05, 3.63) is 159 Å². The summed E-state index contributed by atoms with van der Waals surface area (Å²) in [7, 11) is 3.22. The van der Waals surface area contributed by atoms with Crippen LogP contribution in [0.4, 0.5) is 5.69 Å². The van der Waals surface area contributed by atoms with Crippen molar-refractivity contribution in [3.8, 4) is 29.3 Å². The number of aliphatic hydroxyl groups excluding tert-OH is 2. The van der Waals surface area contributed by atoms with E-state index in [1.807, 2.05) is 54.6 Å². The minimum atomic E-state index is -1.87. The molecule has 404 valence electrons. The molecule has 7 N–H and O–H groups in total. The highest BCUT2D eigenvalue weighted by molar-refractivity contribution is 6.01. The monoisotopic (exact) mass is 1040 g/mol. The molecular weight excluding hydrogens is 967 g/mol. The Balaban J connectivity index is 1.06. The minimum Gasteiger partial charge on any atom is -0.508 e. The zero-order valence-corrected chi connectivity index (χ0v) is 44.8. The number of rotatable bonds is 17. The fourth-order valence-corrected chi connectivity index (χ4v) is 11.8. The number of hydrogen-bond donors (Lipinski definition) is 6. The molecule has 5 unspecified atom stereocenters. The maximum Gasteiger partial charge on any atom is 0.192 e. The molecule has 6 bridgehead atoms. The average Bonchev–Trinajstić information content (AvgIpc) is 4.00. The highest BCUT2D eigenvalue weighted by atomic mass is 16.5. The number of carbonyl (C=O) groups is 1. The third-order valence-corrected chi connectivity index (χ3v) is 16.0. The van der Waals surface area contributed by atoms with E-state index in [-0.39, 0.29) is 60.1 Å². The summed E-state index contributed by atoms with van der Waals surface area (Å²) in [6.07, 6.45) is 21.4. The Bertz CT molecular complexity index is 3080. The molecule has 12 heteroatoms. The van der Waals surface area contributed by atoms with E-state index in [2.05, 4.69) is 71.7 Å². The van der Waals surface area contributed by atoms with Crippen LogP contribution >= 0.6 is 0 Å². The number of methoxy groups -OCH3 is 1. The number of hydrogen-bond acceptors (Lipinski definition) is 10. The van der Waals surface area contributed by atoms with Gasteiger partial charge in [0.2, 0.25) is 0 Å². The molecule has 12 nitrogen and oxygen atoms in total. The number of ether oxygens (including phenoxy) is 4. The van der Waals surface area contributed by atoms with Gasteiger partial charge in [-0.15, -0.1) is 0 Å². The topological polar surface area (TPSA) is 185 Å². The number of aromatic hydroxyl groups is 1. The van der Waals surface area contributed by atoms with Gasteiger partial charge in [0.1, 0.15) is 36.1 Å². The number of nitrogens with one attached hydrogen (secondary N) is 1. The Morgan fingerprint density at radius 2 is 1.73 bits per heavy atom. The SMILES string of the molecule is CN=C(N)Nc1cccc(CCCCC2C=CC(O)=CC2CC2CC(=O)CCc3ccc(OC)c(c3)OCc3c(C(O)O)cc4c(c(O)cc5c4c3C=CC5C)C(Cc3cccc(CCOCC4CCCC4)c3)C#CO2)c1. The number of aliphatic hydroxyl groups is 3. The van der Waals surface area contributed by atoms with Crippen LogP contribution in [0.25, 0.3) is 16.8 Å². The standard InChI is InChI=1S/C65H75N3O9/c1-41-18-24-54-58-40-77-61-33-44(20-25-60(61)74-3)19-22-52(70)36-53(35-49-34-51(69)23-21-47(49)16-7-6-10-42-14-9-17-50(32-42)68-65(66)67-2)76-29-27-48(62-57(37-56(58)64(72)73)63(54)55(41)38-59(62)71)31-46-15-8-13-43(30-46)26-28-75-39-45-11-4-5-12-45/h8-9,13-15,17-18,20-21,23-25,30,32-34,37-38,41,45,47-49,53,64,69,71-73H,4-7,10-12,16,19,22,26,28,31,35-36,39-40H2,1-3H3,(H3,66,67,68). The molecule has 5 atom stereocenters. The first-order valence-corrected chi connectivity index (χ1v) is 27.6. The summed E-state index contributed by atoms with van der Waals surface area (Å²) in [4.78, 5) is 18.2. The van der Waals surface area contributed by atoms with Crippen molar-refractivity contribution in [1.29, 1.82) is 0 Å². The molecule has 2 heterocycles. The minimum absolute atomic E-state index is 0.00592. The van der Waals surface area contributed by atoms with E-state index in [1.54, 1.807) is 26.3 Å². The highest BCUT2D eigenvalue weighted by Crippen LogP contribution is 2.47. The van der Waals surface area contributed by atoms with Gasteiger partial charge in [-0.25, -0.2) is 0 Å². The first kappa shape index (κ1) is 54.7. The number of anilines is 1. The molecule has 10 rings (SSSR count). The third kappa shape index (κ3) is 13.9. The molecule has 0 aromatic heterocycles. The lowest BCUT2D eigenvalue weighted by molar-refractivity contribution is -0.121. The molecule has 5 aromatic rings. The fraction of sp³-hybridized carbons (Fsp3) is 0.415. The summed E-state index contributed by atoms with van der Waals surface area (Å²) in [6.45, 7) is 3.47. The molecule has 5 aliphatic rings. The maximum atomic E-state index is 14.2. The number of allylic oxidation sites excluding steroid dienone is 4. The molecule has 0 saturated heterocycles. The first-order chi connectivity index (χ1) is 37.4. The number of guanidine groups is 1. The third-order valence-electron chi connectivity index (χ3n) is 16.0. The Hall–Kier alpha value is -7.04. The van der Waals surface area contributed by atoms with Crippen LogP contribution in [0.1, 0.15) is 139 Å². The van der Waals surface area contributed by atoms with Gasteiger partial charge in [-0.05, 0) is 168 Å². The van der Waals surface area contributed by atoms with Crippen molar-refractivity contribution < 1.29 is 44.2 Å². The van der Waals surface area contributed by atoms with Crippen LogP contribution < -0.4 is 20.5 Å². The molecule has 1 fully saturated rings. The molecule has 3 aliphatic carbocycles. The molecule has 77 heavy (non-hydrogen) atoms. The Kier molecular flexibility index (Phi) is 18.4. The number of fused-ring (bicyclic) bond motifs is 9. The van der Waals surface area contributed by atoms with E-state index in [0.29, 0.717) is 65.8 Å². The number of Topliss-reactive ketones (excluding diaryl/α,β-unsaturated/α-hetero) is 1. The van der Waals surface area contributed by atoms with Gasteiger partial charge >= 0.3 is 0 Å². The number of phenols is 1. The largest absolute Gasteiger partial charge is 0.508 e. The number of nitrogens with zero attached hydrogens (tertiary/aromatic N) is 1. The molecule has 5 aromatic carbocycles. The summed E-state index contributed by atoms with van der Waals surface area (Å²) in [5.74, 6) is 4.87. The summed E-state index contributed by atoms with van der Waals surface area (Å²) in [6, 6.07) is 25.8. The quantitative estimate of drug-likeness (QED) is 0.0171. The number of aryl methyl sites for hydroxylation is 2. The Labute approximate surface area is 453 Å². The van der Waals surface area contributed by atoms with Gasteiger partial charge in [-0.3, -0.25) is 9.79 Å². The summed E-state index contributed by atoms with van der Waals surface area (Å²) >= 11 is 0. The lowest BCUT2D eigenvalue weighted by Crippen LogP contribution is -2.24. The molecule has 0 spiro atoms. The highest BCUT2D eigenvalue weighted by Gasteiger charge is 2.30. The second-order valence-electron chi connectivity index (χ2n) is 21.4. The van der Waals surface area contributed by atoms with E-state index < -0.39 is 18.3 Å². The normalized spacial score (nSPS) is 20.8. The summed E-state index contributed by atoms with van der Waals surface area (Å²) in [5, 5.41) is 50.2. The van der Waals surface area contributed by atoms with Crippen LogP contribution in [0.15, 0.2) is 114 Å². The van der Waals surface area contributed by atoms with Crippen molar-refractivity contribution in [3.63, 3.8) is 0 Å². The zero-order valence-electron chi connectivity index (χ0n) is 44.8. The smallest absolute Gasteiger partial charge is 0.192 e. The van der Waals surface area contributed by atoms with Crippen LogP contribution in [0.2, 0.25) is 0 Å².